The van der Waals surface area contributed by atoms with Crippen LogP contribution in [-0.4, -0.2) is 28.6 Å². The maximum atomic E-state index is 12.2. The Balaban J connectivity index is 1.30. The molecule has 3 heterocycles. The molecule has 0 spiro atoms. The SMILES string of the molecule is O=C(NCc1cnc(C2CC2)o1)N[C@@H]1CCO[C@H]1c1ccncc1. The van der Waals surface area contributed by atoms with Gasteiger partial charge < -0.3 is 19.8 Å². The number of nitrogens with one attached hydrogen (secondary N) is 2. The zero-order chi connectivity index (χ0) is 16.4. The van der Waals surface area contributed by atoms with Gasteiger partial charge >= 0.3 is 6.03 Å². The fourth-order valence-electron chi connectivity index (χ4n) is 2.93. The molecule has 126 valence electrons. The van der Waals surface area contributed by atoms with Gasteiger partial charge in [0.2, 0.25) is 0 Å². The molecular weight excluding hydrogens is 308 g/mol. The minimum Gasteiger partial charge on any atom is -0.444 e. The lowest BCUT2D eigenvalue weighted by Gasteiger charge is -2.20. The maximum absolute atomic E-state index is 12.2. The summed E-state index contributed by atoms with van der Waals surface area (Å²) in [5, 5.41) is 5.80. The summed E-state index contributed by atoms with van der Waals surface area (Å²) in [5.74, 6) is 1.94. The van der Waals surface area contributed by atoms with Crippen molar-refractivity contribution >= 4 is 6.03 Å². The third-order valence-electron chi connectivity index (χ3n) is 4.36. The number of rotatable bonds is 5. The van der Waals surface area contributed by atoms with E-state index in [-0.39, 0.29) is 18.2 Å². The molecular formula is C17H20N4O3. The van der Waals surface area contributed by atoms with Gasteiger partial charge in [-0.2, -0.15) is 0 Å². The standard InChI is InChI=1S/C17H20N4O3/c22-17(20-10-13-9-19-16(24-13)12-1-2-12)21-14-5-8-23-15(14)11-3-6-18-7-4-11/h3-4,6-7,9,12,14-15H,1-2,5,8,10H2,(H2,20,21,22)/t14-,15+/m1/s1. The lowest BCUT2D eigenvalue weighted by Crippen LogP contribution is -2.43. The highest BCUT2D eigenvalue weighted by Gasteiger charge is 2.31. The highest BCUT2D eigenvalue weighted by Crippen LogP contribution is 2.39. The molecule has 1 saturated heterocycles. The number of urea groups is 1. The number of amides is 2. The molecule has 0 aromatic carbocycles. The second-order valence-electron chi connectivity index (χ2n) is 6.23. The van der Waals surface area contributed by atoms with Crippen LogP contribution in [0.15, 0.2) is 35.1 Å². The number of ether oxygens (including phenoxy) is 1. The summed E-state index contributed by atoms with van der Waals surface area (Å²) in [6.07, 6.45) is 8.09. The third-order valence-corrected chi connectivity index (χ3v) is 4.36. The normalized spacial score (nSPS) is 23.2. The van der Waals surface area contributed by atoms with E-state index >= 15 is 0 Å². The van der Waals surface area contributed by atoms with Gasteiger partial charge in [0.15, 0.2) is 5.89 Å². The van der Waals surface area contributed by atoms with Gasteiger partial charge in [-0.05, 0) is 37.0 Å². The number of carbonyl (C=O) groups excluding carboxylic acids is 1. The van der Waals surface area contributed by atoms with Crippen molar-refractivity contribution in [3.8, 4) is 0 Å². The average molecular weight is 328 g/mol. The van der Waals surface area contributed by atoms with Crippen LogP contribution >= 0.6 is 0 Å². The zero-order valence-electron chi connectivity index (χ0n) is 13.3. The van der Waals surface area contributed by atoms with Crippen LogP contribution in [0.25, 0.3) is 0 Å². The zero-order valence-corrected chi connectivity index (χ0v) is 13.3. The van der Waals surface area contributed by atoms with Gasteiger partial charge in [0.1, 0.15) is 11.9 Å². The van der Waals surface area contributed by atoms with E-state index in [0.29, 0.717) is 24.8 Å². The molecule has 0 radical (unpaired) electrons. The average Bonchev–Trinajstić information content (AvgIpc) is 3.17. The van der Waals surface area contributed by atoms with E-state index < -0.39 is 0 Å². The second kappa shape index (κ2) is 6.60. The molecule has 2 aromatic heterocycles. The van der Waals surface area contributed by atoms with E-state index in [4.69, 9.17) is 9.15 Å². The minimum atomic E-state index is -0.228. The fraction of sp³-hybridized carbons (Fsp3) is 0.471. The molecule has 2 aromatic rings. The first-order valence-electron chi connectivity index (χ1n) is 8.30. The number of pyridine rings is 1. The first-order chi connectivity index (χ1) is 11.8. The van der Waals surface area contributed by atoms with Crippen LogP contribution in [0.3, 0.4) is 0 Å². The van der Waals surface area contributed by atoms with Crippen molar-refractivity contribution in [2.75, 3.05) is 6.61 Å². The predicted molar refractivity (Wildman–Crippen MR) is 85.2 cm³/mol. The quantitative estimate of drug-likeness (QED) is 0.879. The Morgan fingerprint density at radius 1 is 1.25 bits per heavy atom. The highest BCUT2D eigenvalue weighted by molar-refractivity contribution is 5.74. The second-order valence-corrected chi connectivity index (χ2v) is 6.23. The number of hydrogen-bond acceptors (Lipinski definition) is 5. The summed E-state index contributed by atoms with van der Waals surface area (Å²) in [6, 6.07) is 3.55. The van der Waals surface area contributed by atoms with Crippen LogP contribution in [0.4, 0.5) is 4.79 Å². The highest BCUT2D eigenvalue weighted by atomic mass is 16.5. The van der Waals surface area contributed by atoms with Crippen molar-refractivity contribution < 1.29 is 13.9 Å². The summed E-state index contributed by atoms with van der Waals surface area (Å²) in [6.45, 7) is 0.962. The molecule has 0 unspecified atom stereocenters. The van der Waals surface area contributed by atoms with Gasteiger partial charge in [-0.15, -0.1) is 0 Å². The number of oxazole rings is 1. The lowest BCUT2D eigenvalue weighted by atomic mass is 10.0. The Hall–Kier alpha value is -2.41. The van der Waals surface area contributed by atoms with Crippen molar-refractivity contribution in [3.63, 3.8) is 0 Å². The number of hydrogen-bond donors (Lipinski definition) is 2. The fourth-order valence-corrected chi connectivity index (χ4v) is 2.93. The van der Waals surface area contributed by atoms with E-state index in [2.05, 4.69) is 20.6 Å². The number of nitrogens with zero attached hydrogens (tertiary/aromatic N) is 2. The minimum absolute atomic E-state index is 0.0517. The first-order valence-corrected chi connectivity index (χ1v) is 8.30. The maximum Gasteiger partial charge on any atom is 0.315 e. The van der Waals surface area contributed by atoms with Crippen molar-refractivity contribution in [1.29, 1.82) is 0 Å². The van der Waals surface area contributed by atoms with Crippen molar-refractivity contribution in [1.82, 2.24) is 20.6 Å². The van der Waals surface area contributed by atoms with Gasteiger partial charge in [-0.1, -0.05) is 0 Å². The van der Waals surface area contributed by atoms with Gasteiger partial charge in [0, 0.05) is 24.9 Å². The molecule has 24 heavy (non-hydrogen) atoms. The third kappa shape index (κ3) is 3.41. The van der Waals surface area contributed by atoms with Gasteiger partial charge in [-0.3, -0.25) is 4.98 Å². The van der Waals surface area contributed by atoms with E-state index in [1.165, 1.54) is 0 Å². The topological polar surface area (TPSA) is 89.3 Å². The van der Waals surface area contributed by atoms with Crippen molar-refractivity contribution in [3.05, 3.63) is 47.9 Å². The van der Waals surface area contributed by atoms with Crippen LogP contribution in [0.1, 0.15) is 48.5 Å². The number of aromatic nitrogens is 2. The van der Waals surface area contributed by atoms with Crippen LogP contribution in [0.2, 0.25) is 0 Å². The summed E-state index contributed by atoms with van der Waals surface area (Å²) in [5.41, 5.74) is 1.03. The van der Waals surface area contributed by atoms with Crippen molar-refractivity contribution in [2.24, 2.45) is 0 Å². The molecule has 4 rings (SSSR count). The Kier molecular flexibility index (Phi) is 4.17. The summed E-state index contributed by atoms with van der Waals surface area (Å²) in [4.78, 5) is 20.4. The van der Waals surface area contributed by atoms with Crippen LogP contribution in [0, 0.1) is 0 Å². The molecule has 7 heteroatoms. The van der Waals surface area contributed by atoms with Gasteiger partial charge in [0.05, 0.1) is 18.8 Å². The first kappa shape index (κ1) is 15.1. The molecule has 2 amide bonds. The number of carbonyl (C=O) groups is 1. The van der Waals surface area contributed by atoms with Crippen LogP contribution < -0.4 is 10.6 Å². The van der Waals surface area contributed by atoms with Gasteiger partial charge in [0.25, 0.3) is 0 Å². The molecule has 2 atom stereocenters. The lowest BCUT2D eigenvalue weighted by molar-refractivity contribution is 0.0998. The summed E-state index contributed by atoms with van der Waals surface area (Å²) in [7, 11) is 0. The molecule has 1 aliphatic heterocycles. The molecule has 2 fully saturated rings. The molecule has 0 bridgehead atoms. The Morgan fingerprint density at radius 3 is 2.88 bits per heavy atom. The molecule has 1 saturated carbocycles. The molecule has 1 aliphatic carbocycles. The predicted octanol–water partition coefficient (Wildman–Crippen LogP) is 2.28. The molecule has 7 nitrogen and oxygen atoms in total. The smallest absolute Gasteiger partial charge is 0.315 e. The van der Waals surface area contributed by atoms with E-state index in [1.54, 1.807) is 18.6 Å². The van der Waals surface area contributed by atoms with Crippen LogP contribution in [-0.2, 0) is 11.3 Å². The van der Waals surface area contributed by atoms with E-state index in [9.17, 15) is 4.79 Å². The molecule has 2 aliphatic rings. The van der Waals surface area contributed by atoms with Crippen molar-refractivity contribution in [2.45, 2.75) is 43.9 Å². The summed E-state index contributed by atoms with van der Waals surface area (Å²) >= 11 is 0. The Bertz CT molecular complexity index is 699. The Labute approximate surface area is 139 Å². The largest absolute Gasteiger partial charge is 0.444 e. The van der Waals surface area contributed by atoms with Crippen LogP contribution in [0.5, 0.6) is 0 Å². The van der Waals surface area contributed by atoms with E-state index in [0.717, 1.165) is 30.7 Å². The van der Waals surface area contributed by atoms with Gasteiger partial charge in [-0.25, -0.2) is 9.78 Å². The monoisotopic (exact) mass is 328 g/mol. The van der Waals surface area contributed by atoms with E-state index in [1.807, 2.05) is 12.1 Å². The molecule has 2 N–H and O–H groups in total. The summed E-state index contributed by atoms with van der Waals surface area (Å²) < 4.78 is 11.4. The Morgan fingerprint density at radius 2 is 2.08 bits per heavy atom.